The first kappa shape index (κ1) is 105. The van der Waals surface area contributed by atoms with Crippen LogP contribution in [0.3, 0.4) is 0 Å². The SMILES string of the molecule is C1CCOC1.CB(O)N1CCN(c2ccc(-c3nc(-c4ccc(N5CCN([B]C=O)CC5)cc4)nc(-c4ccc(N5CCN(B(C)O)CC5)cc4)n3)cc2)CC1.CB(O)N1CCN(c2ccc(Br)cc2)CC1.Clc1nc(Cl)nc(Cl)n1.O=C(Cl)CCl.[CH2-]CCC.[Li+].c1cc(N2CCCCC2)ccc1-c1nc(-c2ccc(N3CCNCC3)cc2)nc(-c2ccc(N3CCNCC3)cc2)n1. The van der Waals surface area contributed by atoms with Gasteiger partial charge in [-0.05, 0) is 269 Å². The number of hydrogen-bond acceptors (Lipinski definition) is 28. The van der Waals surface area contributed by atoms with E-state index in [1.165, 1.54) is 61.3 Å². The van der Waals surface area contributed by atoms with Gasteiger partial charge in [-0.15, -0.1) is 11.6 Å². The quantitative estimate of drug-likeness (QED) is 0.0156. The van der Waals surface area contributed by atoms with Gasteiger partial charge in [-0.25, -0.2) is 29.9 Å². The topological polar surface area (TPSA) is 280 Å². The number of carbonyl (C=O) groups is 2. The van der Waals surface area contributed by atoms with E-state index in [9.17, 15) is 24.7 Å². The van der Waals surface area contributed by atoms with Gasteiger partial charge in [-0.1, -0.05) is 29.3 Å². The molecule has 7 aromatic carbocycles. The van der Waals surface area contributed by atoms with E-state index in [2.05, 4.69) is 279 Å². The van der Waals surface area contributed by atoms with E-state index in [-0.39, 0.29) is 47.6 Å². The molecule has 10 aromatic rings. The summed E-state index contributed by atoms with van der Waals surface area (Å²) < 4.78 is 6.05. The van der Waals surface area contributed by atoms with Crippen LogP contribution >= 0.6 is 73.9 Å². The zero-order valence-electron chi connectivity index (χ0n) is 77.0. The number of alkyl halides is 1. The monoisotopic (exact) mass is 1960 g/mol. The van der Waals surface area contributed by atoms with Gasteiger partial charge < -0.3 is 95.7 Å². The molecule has 18 rings (SSSR count). The van der Waals surface area contributed by atoms with E-state index < -0.39 is 19.3 Å². The van der Waals surface area contributed by atoms with Crippen LogP contribution in [0.2, 0.25) is 36.3 Å². The largest absolute Gasteiger partial charge is 1.00 e. The van der Waals surface area contributed by atoms with Crippen molar-refractivity contribution in [2.75, 3.05) is 224 Å². The number of piperazine rings is 6. The predicted octanol–water partition coefficient (Wildman–Crippen LogP) is 10.9. The Balaban J connectivity index is 0.000000183. The van der Waals surface area contributed by atoms with E-state index >= 15 is 0 Å². The molecule has 0 saturated carbocycles. The Morgan fingerprint density at radius 2 is 0.617 bits per heavy atom. The molecule has 0 unspecified atom stereocenters. The maximum absolute atomic E-state index is 10.9. The number of unbranched alkanes of at least 4 members (excludes halogenated alkanes) is 1. The molecule has 8 aliphatic rings. The van der Waals surface area contributed by atoms with Crippen LogP contribution < -0.4 is 63.8 Å². The van der Waals surface area contributed by atoms with Crippen LogP contribution in [0.15, 0.2) is 174 Å². The molecule has 8 aliphatic heterocycles. The maximum atomic E-state index is 10.9. The molecule has 28 nitrogen and oxygen atoms in total. The number of hydrogen-bond donors (Lipinski definition) is 5. The normalized spacial score (nSPS) is 16.6. The number of anilines is 7. The van der Waals surface area contributed by atoms with Gasteiger partial charge in [0.25, 0.3) is 7.41 Å². The Morgan fingerprint density at radius 3 is 0.827 bits per heavy atom. The second kappa shape index (κ2) is 55.3. The van der Waals surface area contributed by atoms with Crippen LogP contribution in [-0.4, -0.2) is 308 Å². The number of ether oxygens (including phenoxy) is 1. The minimum Gasteiger partial charge on any atom is -0.437 e. The van der Waals surface area contributed by atoms with Crippen molar-refractivity contribution >= 4 is 154 Å². The smallest absolute Gasteiger partial charge is 0.437 e. The summed E-state index contributed by atoms with van der Waals surface area (Å²) in [6.07, 6.45) is 9.55. The fourth-order valence-electron chi connectivity index (χ4n) is 16.2. The van der Waals surface area contributed by atoms with Crippen LogP contribution in [-0.2, 0) is 14.3 Å². The molecular weight excluding hydrogens is 1840 g/mol. The summed E-state index contributed by atoms with van der Waals surface area (Å²) in [4.78, 5) is 85.7. The first-order valence-electron chi connectivity index (χ1n) is 45.9. The van der Waals surface area contributed by atoms with Gasteiger partial charge in [0.15, 0.2) is 34.9 Å². The minimum absolute atomic E-state index is 0. The van der Waals surface area contributed by atoms with E-state index in [0.29, 0.717) is 34.9 Å². The molecule has 0 amide bonds. The number of halogens is 6. The molecule has 0 spiro atoms. The fourth-order valence-corrected chi connectivity index (χ4v) is 17.1. The van der Waals surface area contributed by atoms with Gasteiger partial charge >= 0.3 is 40.0 Å². The molecule has 0 bridgehead atoms. The summed E-state index contributed by atoms with van der Waals surface area (Å²) in [5, 5.41) is 35.8. The number of benzene rings is 7. The first-order valence-corrected chi connectivity index (χ1v) is 48.7. The van der Waals surface area contributed by atoms with E-state index in [1.54, 1.807) is 7.41 Å². The van der Waals surface area contributed by atoms with Crippen LogP contribution in [0.25, 0.3) is 68.3 Å². The summed E-state index contributed by atoms with van der Waals surface area (Å²) in [7, 11) is 0.442. The van der Waals surface area contributed by atoms with Crippen molar-refractivity contribution in [3.63, 3.8) is 0 Å². The Bertz CT molecular complexity index is 4770. The fraction of sp³-hybridized carbons (Fsp3) is 0.426. The molecule has 133 heavy (non-hydrogen) atoms. The molecule has 5 N–H and O–H groups in total. The molecular formula is C94H120B4BrCl5LiN22O6. The molecule has 11 heterocycles. The molecule has 0 aliphatic carbocycles. The van der Waals surface area contributed by atoms with Crippen molar-refractivity contribution in [1.29, 1.82) is 0 Å². The molecule has 8 fully saturated rings. The van der Waals surface area contributed by atoms with Gasteiger partial charge in [0, 0.05) is 261 Å². The third kappa shape index (κ3) is 32.8. The molecule has 8 saturated heterocycles. The van der Waals surface area contributed by atoms with Gasteiger partial charge in [-0.3, -0.25) is 4.79 Å². The average molecular weight is 1960 g/mol. The van der Waals surface area contributed by atoms with Crippen molar-refractivity contribution in [2.24, 2.45) is 0 Å². The van der Waals surface area contributed by atoms with Crippen LogP contribution in [0.5, 0.6) is 0 Å². The standard InChI is InChI=1S/C36H45B3N9O3.C34H40N8.C11H16BBrN2O.C4H8O.C4H9.C3Cl3N3.C2H2Cl2O.Li/c1-38(50)47-23-17-44(18-24-47)32-11-5-29(6-12-32)35-40-34(28-3-9-31(10-4-28)43-15-21-46(22-16-43)37-27-49)41-36(42-35)30-7-13-33(14-8-30)45-19-25-48(26-20-45)39(2)51;1-2-20-40(21-3-1)29-10-4-26(5-11-29)32-37-33(27-6-12-30(13-7-27)41-22-16-35-17-23-41)39-34(38-32)28-8-14-31(15-9-28)42-24-18-36-19-25-42;1-12(16)15-8-6-14(7-9-15)11-4-2-10(13)3-5-11;1-2-4-5-3-1;1-3-4-2;4-1-7-2(5)9-3(6)8-1;3-1-2(4)5;/h3-14,27,50-51H,15-26H2,1-2H3;4-15,35-36H,1-3,16-25H2;2-5,16H,6-9H2,1H3;1-4H2;1,3-4H2,2H3;;1H2;/q;;;;-1;;;+1. The predicted molar refractivity (Wildman–Crippen MR) is 549 cm³/mol. The third-order valence-electron chi connectivity index (χ3n) is 24.0. The van der Waals surface area contributed by atoms with Gasteiger partial charge in [0.1, 0.15) is 0 Å². The number of carbonyl (C=O) groups excluding carboxylic acids is 2. The Kier molecular flexibility index (Phi) is 43.8. The van der Waals surface area contributed by atoms with E-state index in [4.69, 9.17) is 92.6 Å². The second-order valence-electron chi connectivity index (χ2n) is 33.0. The second-order valence-corrected chi connectivity index (χ2v) is 35.6. The van der Waals surface area contributed by atoms with Crippen LogP contribution in [0, 0.1) is 6.92 Å². The van der Waals surface area contributed by atoms with Crippen molar-refractivity contribution in [2.45, 2.75) is 72.3 Å². The number of rotatable bonds is 20. The summed E-state index contributed by atoms with van der Waals surface area (Å²) >= 11 is 28.9. The number of piperidine rings is 1. The molecule has 0 atom stereocenters. The van der Waals surface area contributed by atoms with Gasteiger partial charge in [0.05, 0.1) is 12.1 Å². The number of nitrogens with one attached hydrogen (secondary N) is 2. The van der Waals surface area contributed by atoms with Crippen molar-refractivity contribution in [3.05, 3.63) is 197 Å². The van der Waals surface area contributed by atoms with Crippen LogP contribution in [0.4, 0.5) is 39.8 Å². The molecule has 3 aromatic heterocycles. The Labute approximate surface area is 831 Å². The number of aromatic nitrogens is 9. The zero-order chi connectivity index (χ0) is 93.1. The van der Waals surface area contributed by atoms with Gasteiger partial charge in [-0.2, -0.15) is 21.4 Å². The van der Waals surface area contributed by atoms with E-state index in [1.807, 2.05) is 20.5 Å². The minimum atomic E-state index is -0.508. The van der Waals surface area contributed by atoms with Crippen molar-refractivity contribution < 1.29 is 48.3 Å². The van der Waals surface area contributed by atoms with Crippen molar-refractivity contribution in [1.82, 2.24) is 74.7 Å². The Hall–Kier alpha value is -8.10. The van der Waals surface area contributed by atoms with Gasteiger partial charge in [0.2, 0.25) is 21.1 Å². The van der Waals surface area contributed by atoms with E-state index in [0.717, 1.165) is 251 Å². The molecule has 697 valence electrons. The average Bonchev–Trinajstić information content (AvgIpc) is 1.25. The number of nitrogens with zero attached hydrogens (tertiary/aromatic N) is 20. The summed E-state index contributed by atoms with van der Waals surface area (Å²) in [6.45, 7) is 37.5. The summed E-state index contributed by atoms with van der Waals surface area (Å²) in [6, 6.07) is 59.7. The summed E-state index contributed by atoms with van der Waals surface area (Å²) in [5.41, 5.74) is 14.2. The zero-order valence-corrected chi connectivity index (χ0v) is 82.4. The first-order chi connectivity index (χ1) is 64.2. The third-order valence-corrected chi connectivity index (χ3v) is 25.5. The Morgan fingerprint density at radius 1 is 0.391 bits per heavy atom. The van der Waals surface area contributed by atoms with Crippen LogP contribution in [0.1, 0.15) is 51.9 Å². The van der Waals surface area contributed by atoms with Crippen molar-refractivity contribution in [3.8, 4) is 68.3 Å². The summed E-state index contributed by atoms with van der Waals surface area (Å²) in [5.74, 6) is 3.86. The molecule has 39 heteroatoms. The maximum Gasteiger partial charge on any atom is 1.00 e. The molecule has 1 radical (unpaired) electrons.